The summed E-state index contributed by atoms with van der Waals surface area (Å²) in [6.07, 6.45) is 1.82. The number of halogens is 1. The van der Waals surface area contributed by atoms with Crippen molar-refractivity contribution in [3.05, 3.63) is 65.4 Å². The van der Waals surface area contributed by atoms with Gasteiger partial charge in [0.15, 0.2) is 0 Å². The third kappa shape index (κ3) is 4.18. The molecule has 26 heavy (non-hydrogen) atoms. The van der Waals surface area contributed by atoms with E-state index in [4.69, 9.17) is 16.3 Å². The van der Waals surface area contributed by atoms with Crippen molar-refractivity contribution in [1.82, 2.24) is 14.9 Å². The second-order valence-corrected chi connectivity index (χ2v) is 7.74. The Hall–Kier alpha value is -1.66. The van der Waals surface area contributed by atoms with Crippen LogP contribution in [0.3, 0.4) is 0 Å². The molecular weight excluding hydrogens is 366 g/mol. The largest absolute Gasteiger partial charge is 0.375 e. The van der Waals surface area contributed by atoms with Crippen molar-refractivity contribution in [2.75, 3.05) is 25.4 Å². The number of fused-ring (bicyclic) bond motifs is 1. The molecule has 3 aromatic rings. The lowest BCUT2D eigenvalue weighted by Crippen LogP contribution is -2.43. The number of thioether (sulfide) groups is 1. The molecule has 134 valence electrons. The Labute approximate surface area is 162 Å². The quantitative estimate of drug-likeness (QED) is 0.484. The summed E-state index contributed by atoms with van der Waals surface area (Å²) in [7, 11) is 0. The molecule has 0 saturated carbocycles. The summed E-state index contributed by atoms with van der Waals surface area (Å²) in [6.45, 7) is 3.45. The van der Waals surface area contributed by atoms with Crippen LogP contribution < -0.4 is 0 Å². The fraction of sp³-hybridized carbons (Fsp3) is 0.300. The Bertz CT molecular complexity index is 886. The van der Waals surface area contributed by atoms with Crippen LogP contribution in [0.15, 0.2) is 59.9 Å². The summed E-state index contributed by atoms with van der Waals surface area (Å²) in [5.41, 5.74) is 2.15. The second kappa shape index (κ2) is 8.35. The molecule has 0 N–H and O–H groups in total. The Kier molecular flexibility index (Phi) is 5.70. The lowest BCUT2D eigenvalue weighted by atomic mass is 10.2. The summed E-state index contributed by atoms with van der Waals surface area (Å²) < 4.78 is 5.97. The van der Waals surface area contributed by atoms with Crippen LogP contribution in [0, 0.1) is 0 Å². The standard InChI is InChI=1S/C20H20ClN3OS/c21-18-7-3-1-5-15(18)11-24-9-10-25-16(12-24)13-26-20-17-6-2-4-8-19(17)22-14-23-20/h1-8,14,16H,9-13H2/t16-/m1/s1. The van der Waals surface area contributed by atoms with E-state index in [1.807, 2.05) is 36.4 Å². The van der Waals surface area contributed by atoms with Gasteiger partial charge in [-0.05, 0) is 17.7 Å². The zero-order valence-electron chi connectivity index (χ0n) is 14.3. The lowest BCUT2D eigenvalue weighted by Gasteiger charge is -2.33. The van der Waals surface area contributed by atoms with Gasteiger partial charge in [-0.1, -0.05) is 48.0 Å². The first-order valence-corrected chi connectivity index (χ1v) is 10.1. The molecule has 0 aliphatic carbocycles. The van der Waals surface area contributed by atoms with Gasteiger partial charge in [-0.15, -0.1) is 11.8 Å². The normalized spacial score (nSPS) is 18.3. The van der Waals surface area contributed by atoms with Crippen molar-refractivity contribution in [1.29, 1.82) is 0 Å². The second-order valence-electron chi connectivity index (χ2n) is 6.33. The van der Waals surface area contributed by atoms with Crippen LogP contribution >= 0.6 is 23.4 Å². The van der Waals surface area contributed by atoms with Gasteiger partial charge in [-0.2, -0.15) is 0 Å². The molecule has 1 aliphatic rings. The molecule has 2 aromatic carbocycles. The Morgan fingerprint density at radius 2 is 1.96 bits per heavy atom. The number of hydrogen-bond acceptors (Lipinski definition) is 5. The van der Waals surface area contributed by atoms with E-state index >= 15 is 0 Å². The maximum Gasteiger partial charge on any atom is 0.117 e. The Morgan fingerprint density at radius 1 is 1.12 bits per heavy atom. The number of morpholine rings is 1. The van der Waals surface area contributed by atoms with Crippen LogP contribution in [-0.2, 0) is 11.3 Å². The summed E-state index contributed by atoms with van der Waals surface area (Å²) in [4.78, 5) is 11.2. The van der Waals surface area contributed by atoms with Crippen LogP contribution in [0.1, 0.15) is 5.56 Å². The highest BCUT2D eigenvalue weighted by Gasteiger charge is 2.21. The van der Waals surface area contributed by atoms with E-state index in [0.29, 0.717) is 0 Å². The number of nitrogens with zero attached hydrogens (tertiary/aromatic N) is 3. The van der Waals surface area contributed by atoms with Gasteiger partial charge < -0.3 is 4.74 Å². The maximum atomic E-state index is 6.30. The molecule has 4 rings (SSSR count). The number of para-hydroxylation sites is 1. The van der Waals surface area contributed by atoms with Crippen molar-refractivity contribution in [3.63, 3.8) is 0 Å². The van der Waals surface area contributed by atoms with Crippen molar-refractivity contribution in [2.45, 2.75) is 17.7 Å². The van der Waals surface area contributed by atoms with Crippen LogP contribution in [-0.4, -0.2) is 46.4 Å². The first-order chi connectivity index (χ1) is 12.8. The van der Waals surface area contributed by atoms with E-state index in [0.717, 1.165) is 52.9 Å². The summed E-state index contributed by atoms with van der Waals surface area (Å²) in [5.74, 6) is 0.875. The minimum absolute atomic E-state index is 0.185. The molecule has 1 fully saturated rings. The molecule has 4 nitrogen and oxygen atoms in total. The summed E-state index contributed by atoms with van der Waals surface area (Å²) in [6, 6.07) is 16.2. The summed E-state index contributed by atoms with van der Waals surface area (Å²) >= 11 is 8.04. The topological polar surface area (TPSA) is 38.2 Å². The van der Waals surface area contributed by atoms with Crippen LogP contribution in [0.2, 0.25) is 5.02 Å². The van der Waals surface area contributed by atoms with Crippen molar-refractivity contribution in [2.24, 2.45) is 0 Å². The third-order valence-corrected chi connectivity index (χ3v) is 5.99. The molecule has 0 amide bonds. The van der Waals surface area contributed by atoms with E-state index in [-0.39, 0.29) is 6.10 Å². The molecule has 1 atom stereocenters. The molecule has 6 heteroatoms. The smallest absolute Gasteiger partial charge is 0.117 e. The van der Waals surface area contributed by atoms with Crippen LogP contribution in [0.25, 0.3) is 10.9 Å². The predicted octanol–water partition coefficient (Wildman–Crippen LogP) is 4.28. The van der Waals surface area contributed by atoms with Gasteiger partial charge in [0.25, 0.3) is 0 Å². The Morgan fingerprint density at radius 3 is 2.88 bits per heavy atom. The van der Waals surface area contributed by atoms with E-state index in [9.17, 15) is 0 Å². The van der Waals surface area contributed by atoms with E-state index in [2.05, 4.69) is 27.0 Å². The Balaban J connectivity index is 1.38. The maximum absolute atomic E-state index is 6.30. The highest BCUT2D eigenvalue weighted by Crippen LogP contribution is 2.26. The number of hydrogen-bond donors (Lipinski definition) is 0. The highest BCUT2D eigenvalue weighted by atomic mass is 35.5. The van der Waals surface area contributed by atoms with Gasteiger partial charge in [-0.3, -0.25) is 4.90 Å². The molecule has 2 heterocycles. The minimum Gasteiger partial charge on any atom is -0.375 e. The van der Waals surface area contributed by atoms with Crippen LogP contribution in [0.4, 0.5) is 0 Å². The van der Waals surface area contributed by atoms with E-state index in [1.54, 1.807) is 18.1 Å². The van der Waals surface area contributed by atoms with Gasteiger partial charge in [0.1, 0.15) is 11.4 Å². The van der Waals surface area contributed by atoms with Gasteiger partial charge in [0, 0.05) is 35.8 Å². The van der Waals surface area contributed by atoms with E-state index < -0.39 is 0 Å². The third-order valence-electron chi connectivity index (χ3n) is 4.49. The monoisotopic (exact) mass is 385 g/mol. The fourth-order valence-electron chi connectivity index (χ4n) is 3.16. The number of aromatic nitrogens is 2. The lowest BCUT2D eigenvalue weighted by molar-refractivity contribution is -0.0187. The SMILES string of the molecule is Clc1ccccc1CN1CCO[C@@H](CSc2ncnc3ccccc23)C1. The van der Waals surface area contributed by atoms with Gasteiger partial charge in [0.2, 0.25) is 0 Å². The first-order valence-electron chi connectivity index (χ1n) is 8.69. The number of rotatable bonds is 5. The number of benzene rings is 2. The van der Waals surface area contributed by atoms with Gasteiger partial charge in [-0.25, -0.2) is 9.97 Å². The average Bonchev–Trinajstić information content (AvgIpc) is 2.68. The fourth-order valence-corrected chi connectivity index (χ4v) is 4.35. The summed E-state index contributed by atoms with van der Waals surface area (Å²) in [5, 5.41) is 2.95. The predicted molar refractivity (Wildman–Crippen MR) is 107 cm³/mol. The average molecular weight is 386 g/mol. The molecule has 0 bridgehead atoms. The minimum atomic E-state index is 0.185. The molecular formula is C20H20ClN3OS. The number of ether oxygens (including phenoxy) is 1. The van der Waals surface area contributed by atoms with Gasteiger partial charge in [0.05, 0.1) is 18.2 Å². The van der Waals surface area contributed by atoms with Crippen molar-refractivity contribution in [3.8, 4) is 0 Å². The van der Waals surface area contributed by atoms with Gasteiger partial charge >= 0.3 is 0 Å². The molecule has 1 aliphatic heterocycles. The van der Waals surface area contributed by atoms with Crippen molar-refractivity contribution < 1.29 is 4.74 Å². The molecule has 0 unspecified atom stereocenters. The van der Waals surface area contributed by atoms with Crippen LogP contribution in [0.5, 0.6) is 0 Å². The van der Waals surface area contributed by atoms with E-state index in [1.165, 1.54) is 5.56 Å². The highest BCUT2D eigenvalue weighted by molar-refractivity contribution is 7.99. The molecule has 1 aromatic heterocycles. The molecule has 0 radical (unpaired) electrons. The molecule has 1 saturated heterocycles. The zero-order chi connectivity index (χ0) is 17.8. The van der Waals surface area contributed by atoms with Crippen molar-refractivity contribution >= 4 is 34.3 Å². The molecule has 0 spiro atoms. The first kappa shape index (κ1) is 17.7. The zero-order valence-corrected chi connectivity index (χ0v) is 15.9.